The van der Waals surface area contributed by atoms with Crippen LogP contribution in [0.15, 0.2) is 35.3 Å². The average Bonchev–Trinajstić information content (AvgIpc) is 2.39. The molecule has 1 heterocycles. The summed E-state index contributed by atoms with van der Waals surface area (Å²) in [5.74, 6) is 0.303. The first-order valence-corrected chi connectivity index (χ1v) is 6.16. The number of primary amides is 1. The van der Waals surface area contributed by atoms with Crippen molar-refractivity contribution in [3.63, 3.8) is 0 Å². The minimum atomic E-state index is -0.363. The molecule has 5 heteroatoms. The van der Waals surface area contributed by atoms with Crippen molar-refractivity contribution in [1.82, 2.24) is 4.57 Å². The second-order valence-electron chi connectivity index (χ2n) is 4.20. The molecule has 0 fully saturated rings. The maximum Gasteiger partial charge on any atom is 0.219 e. The normalized spacial score (nSPS) is 10.6. The molecule has 100 valence electrons. The summed E-state index contributed by atoms with van der Waals surface area (Å²) in [5, 5.41) is 0.581. The summed E-state index contributed by atoms with van der Waals surface area (Å²) < 4.78 is 7.23. The Morgan fingerprint density at radius 3 is 2.84 bits per heavy atom. The quantitative estimate of drug-likeness (QED) is 0.879. The Kier molecular flexibility index (Phi) is 3.85. The van der Waals surface area contributed by atoms with Crippen molar-refractivity contribution >= 4 is 16.8 Å². The van der Waals surface area contributed by atoms with Gasteiger partial charge in [-0.25, -0.2) is 0 Å². The molecule has 0 saturated heterocycles. The third-order valence-electron chi connectivity index (χ3n) is 2.86. The van der Waals surface area contributed by atoms with Crippen LogP contribution in [0, 0.1) is 0 Å². The monoisotopic (exact) mass is 260 g/mol. The zero-order valence-corrected chi connectivity index (χ0v) is 10.8. The van der Waals surface area contributed by atoms with E-state index in [4.69, 9.17) is 10.5 Å². The molecule has 2 rings (SSSR count). The van der Waals surface area contributed by atoms with Crippen LogP contribution in [0.25, 0.3) is 10.9 Å². The minimum Gasteiger partial charge on any atom is -0.494 e. The molecule has 0 aliphatic heterocycles. The number of nitrogens with two attached hydrogens (primary N) is 1. The molecule has 0 spiro atoms. The first-order chi connectivity index (χ1) is 9.11. The highest BCUT2D eigenvalue weighted by molar-refractivity contribution is 5.80. The fraction of sp³-hybridized carbons (Fsp3) is 0.286. The van der Waals surface area contributed by atoms with Gasteiger partial charge in [0.2, 0.25) is 5.91 Å². The molecule has 0 saturated carbocycles. The summed E-state index contributed by atoms with van der Waals surface area (Å²) >= 11 is 0. The highest BCUT2D eigenvalue weighted by atomic mass is 16.5. The number of fused-ring (bicyclic) bond motifs is 1. The number of ether oxygens (including phenoxy) is 1. The summed E-state index contributed by atoms with van der Waals surface area (Å²) in [4.78, 5) is 22.7. The Bertz CT molecular complexity index is 661. The van der Waals surface area contributed by atoms with Crippen molar-refractivity contribution in [1.29, 1.82) is 0 Å². The van der Waals surface area contributed by atoms with E-state index in [9.17, 15) is 9.59 Å². The third-order valence-corrected chi connectivity index (χ3v) is 2.86. The lowest BCUT2D eigenvalue weighted by Gasteiger charge is -2.11. The van der Waals surface area contributed by atoms with E-state index < -0.39 is 0 Å². The number of amides is 1. The van der Waals surface area contributed by atoms with Gasteiger partial charge in [0.15, 0.2) is 5.43 Å². The van der Waals surface area contributed by atoms with Crippen molar-refractivity contribution in [2.75, 3.05) is 6.61 Å². The molecule has 1 amide bonds. The minimum absolute atomic E-state index is 0.0631. The average molecular weight is 260 g/mol. The van der Waals surface area contributed by atoms with Gasteiger partial charge in [-0.15, -0.1) is 0 Å². The van der Waals surface area contributed by atoms with Gasteiger partial charge in [-0.1, -0.05) is 0 Å². The summed E-state index contributed by atoms with van der Waals surface area (Å²) in [6, 6.07) is 6.84. The highest BCUT2D eigenvalue weighted by Crippen LogP contribution is 2.18. The maximum absolute atomic E-state index is 11.9. The van der Waals surface area contributed by atoms with E-state index in [0.29, 0.717) is 24.3 Å². The molecule has 0 radical (unpaired) electrons. The van der Waals surface area contributed by atoms with Crippen LogP contribution in [-0.4, -0.2) is 17.1 Å². The van der Waals surface area contributed by atoms with Crippen LogP contribution in [0.3, 0.4) is 0 Å². The number of aryl methyl sites for hydroxylation is 1. The molecule has 0 atom stereocenters. The Labute approximate surface area is 110 Å². The van der Waals surface area contributed by atoms with Crippen molar-refractivity contribution in [2.45, 2.75) is 19.9 Å². The second-order valence-corrected chi connectivity index (χ2v) is 4.20. The van der Waals surface area contributed by atoms with Crippen molar-refractivity contribution < 1.29 is 9.53 Å². The molecular formula is C14H16N2O3. The zero-order chi connectivity index (χ0) is 13.8. The summed E-state index contributed by atoms with van der Waals surface area (Å²) in [5.41, 5.74) is 5.86. The molecule has 5 nitrogen and oxygen atoms in total. The third kappa shape index (κ3) is 2.93. The fourth-order valence-corrected chi connectivity index (χ4v) is 1.97. The van der Waals surface area contributed by atoms with Gasteiger partial charge < -0.3 is 15.0 Å². The van der Waals surface area contributed by atoms with Gasteiger partial charge in [0.05, 0.1) is 12.1 Å². The number of nitrogens with zero attached hydrogens (tertiary/aromatic N) is 1. The van der Waals surface area contributed by atoms with Crippen LogP contribution in [0.2, 0.25) is 0 Å². The topological polar surface area (TPSA) is 74.3 Å². The molecule has 1 aromatic carbocycles. The molecule has 2 N–H and O–H groups in total. The number of rotatable bonds is 5. The van der Waals surface area contributed by atoms with Crippen LogP contribution in [0.5, 0.6) is 5.75 Å². The number of aromatic nitrogens is 1. The van der Waals surface area contributed by atoms with E-state index in [1.165, 1.54) is 6.07 Å². The number of carbonyl (C=O) groups is 1. The SMILES string of the molecule is CCOc1ccc2c(c1)c(=O)ccn2CCC(N)=O. The van der Waals surface area contributed by atoms with Gasteiger partial charge in [-0.2, -0.15) is 0 Å². The first kappa shape index (κ1) is 13.1. The van der Waals surface area contributed by atoms with Crippen LogP contribution >= 0.6 is 0 Å². The first-order valence-electron chi connectivity index (χ1n) is 6.16. The van der Waals surface area contributed by atoms with E-state index >= 15 is 0 Å². The second kappa shape index (κ2) is 5.56. The Morgan fingerprint density at radius 2 is 2.16 bits per heavy atom. The largest absolute Gasteiger partial charge is 0.494 e. The molecule has 1 aromatic heterocycles. The van der Waals surface area contributed by atoms with Crippen molar-refractivity contribution in [2.24, 2.45) is 5.73 Å². The van der Waals surface area contributed by atoms with E-state index in [0.717, 1.165) is 5.52 Å². The molecule has 2 aromatic rings. The van der Waals surface area contributed by atoms with E-state index in [1.807, 2.05) is 23.6 Å². The summed E-state index contributed by atoms with van der Waals surface area (Å²) in [6.45, 7) is 2.90. The fourth-order valence-electron chi connectivity index (χ4n) is 1.97. The molecule has 19 heavy (non-hydrogen) atoms. The van der Waals surface area contributed by atoms with Crippen molar-refractivity contribution in [3.8, 4) is 5.75 Å². The van der Waals surface area contributed by atoms with Gasteiger partial charge in [-0.3, -0.25) is 9.59 Å². The van der Waals surface area contributed by atoms with Gasteiger partial charge in [0.1, 0.15) is 5.75 Å². The molecule has 0 aliphatic carbocycles. The van der Waals surface area contributed by atoms with E-state index in [2.05, 4.69) is 0 Å². The van der Waals surface area contributed by atoms with E-state index in [1.54, 1.807) is 12.3 Å². The summed E-state index contributed by atoms with van der Waals surface area (Å²) in [6.07, 6.45) is 1.92. The number of hydrogen-bond donors (Lipinski definition) is 1. The van der Waals surface area contributed by atoms with Crippen LogP contribution in [0.1, 0.15) is 13.3 Å². The van der Waals surface area contributed by atoms with Crippen LogP contribution in [0.4, 0.5) is 0 Å². The Hall–Kier alpha value is -2.30. The predicted octanol–water partition coefficient (Wildman–Crippen LogP) is 1.28. The predicted molar refractivity (Wildman–Crippen MR) is 73.2 cm³/mol. The standard InChI is InChI=1S/C14H16N2O3/c1-2-19-10-3-4-12-11(9-10)13(17)5-7-16(12)8-6-14(15)18/h3-5,7,9H,2,6,8H2,1H3,(H2,15,18). The number of hydrogen-bond acceptors (Lipinski definition) is 3. The van der Waals surface area contributed by atoms with Gasteiger partial charge in [0, 0.05) is 30.6 Å². The molecule has 0 unspecified atom stereocenters. The zero-order valence-electron chi connectivity index (χ0n) is 10.8. The lowest BCUT2D eigenvalue weighted by Crippen LogP contribution is -2.15. The van der Waals surface area contributed by atoms with E-state index in [-0.39, 0.29) is 17.8 Å². The lowest BCUT2D eigenvalue weighted by molar-refractivity contribution is -0.118. The number of benzene rings is 1. The smallest absolute Gasteiger partial charge is 0.219 e. The van der Waals surface area contributed by atoms with Crippen LogP contribution in [-0.2, 0) is 11.3 Å². The highest BCUT2D eigenvalue weighted by Gasteiger charge is 2.05. The van der Waals surface area contributed by atoms with Crippen LogP contribution < -0.4 is 15.9 Å². The molecule has 0 aliphatic rings. The number of carbonyl (C=O) groups excluding carboxylic acids is 1. The maximum atomic E-state index is 11.9. The Balaban J connectivity index is 2.47. The van der Waals surface area contributed by atoms with Crippen molar-refractivity contribution in [3.05, 3.63) is 40.7 Å². The molecular weight excluding hydrogens is 244 g/mol. The molecule has 0 bridgehead atoms. The lowest BCUT2D eigenvalue weighted by atomic mass is 10.2. The van der Waals surface area contributed by atoms with Gasteiger partial charge >= 0.3 is 0 Å². The summed E-state index contributed by atoms with van der Waals surface area (Å²) in [7, 11) is 0. The van der Waals surface area contributed by atoms with Gasteiger partial charge in [0.25, 0.3) is 0 Å². The Morgan fingerprint density at radius 1 is 1.37 bits per heavy atom. The number of pyridine rings is 1. The van der Waals surface area contributed by atoms with Gasteiger partial charge in [-0.05, 0) is 25.1 Å².